The monoisotopic (exact) mass is 358 g/mol. The number of nitrogens with one attached hydrogen (secondary N) is 1. The van der Waals surface area contributed by atoms with Gasteiger partial charge in [-0.25, -0.2) is 0 Å². The van der Waals surface area contributed by atoms with Crippen LogP contribution in [0.15, 0.2) is 48.5 Å². The Balaban J connectivity index is 1.87. The van der Waals surface area contributed by atoms with Crippen molar-refractivity contribution >= 4 is 17.3 Å². The highest BCUT2D eigenvalue weighted by Gasteiger charge is 2.15. The Labute approximate surface area is 152 Å². The maximum Gasteiger partial charge on any atom is 0.269 e. The molecule has 7 heteroatoms. The zero-order chi connectivity index (χ0) is 18.9. The summed E-state index contributed by atoms with van der Waals surface area (Å²) in [5.41, 5.74) is 0.604. The molecule has 0 aliphatic carbocycles. The lowest BCUT2D eigenvalue weighted by atomic mass is 10.2. The second-order valence-electron chi connectivity index (χ2n) is 5.73. The van der Waals surface area contributed by atoms with Crippen molar-refractivity contribution < 1.29 is 19.2 Å². The van der Waals surface area contributed by atoms with Crippen LogP contribution in [0.1, 0.15) is 26.7 Å². The van der Waals surface area contributed by atoms with Crippen molar-refractivity contribution in [3.63, 3.8) is 0 Å². The van der Waals surface area contributed by atoms with Crippen LogP contribution in [-0.4, -0.2) is 23.5 Å². The van der Waals surface area contributed by atoms with Gasteiger partial charge in [-0.2, -0.15) is 0 Å². The Morgan fingerprint density at radius 2 is 1.73 bits per heavy atom. The van der Waals surface area contributed by atoms with Crippen LogP contribution >= 0.6 is 0 Å². The smallest absolute Gasteiger partial charge is 0.269 e. The second-order valence-corrected chi connectivity index (χ2v) is 5.73. The van der Waals surface area contributed by atoms with Gasteiger partial charge >= 0.3 is 0 Å². The quantitative estimate of drug-likeness (QED) is 0.412. The number of carbonyl (C=O) groups is 1. The largest absolute Gasteiger partial charge is 0.494 e. The molecule has 0 aliphatic heterocycles. The van der Waals surface area contributed by atoms with E-state index in [4.69, 9.17) is 9.47 Å². The van der Waals surface area contributed by atoms with Crippen LogP contribution in [0.4, 0.5) is 11.4 Å². The summed E-state index contributed by atoms with van der Waals surface area (Å²) in [4.78, 5) is 22.4. The van der Waals surface area contributed by atoms with E-state index in [9.17, 15) is 14.9 Å². The Morgan fingerprint density at radius 3 is 2.31 bits per heavy atom. The number of amides is 1. The van der Waals surface area contributed by atoms with Crippen molar-refractivity contribution in [3.8, 4) is 11.5 Å². The van der Waals surface area contributed by atoms with Crippen LogP contribution < -0.4 is 14.8 Å². The van der Waals surface area contributed by atoms with Crippen LogP contribution in [0, 0.1) is 10.1 Å². The molecule has 2 aromatic rings. The number of anilines is 1. The number of non-ortho nitro benzene ring substituents is 1. The van der Waals surface area contributed by atoms with Crippen LogP contribution in [0.3, 0.4) is 0 Å². The lowest BCUT2D eigenvalue weighted by Gasteiger charge is -2.15. The molecule has 0 aliphatic rings. The van der Waals surface area contributed by atoms with E-state index in [1.165, 1.54) is 24.3 Å². The molecule has 0 saturated heterocycles. The molecule has 0 saturated carbocycles. The summed E-state index contributed by atoms with van der Waals surface area (Å²) in [7, 11) is 0. The summed E-state index contributed by atoms with van der Waals surface area (Å²) in [6.07, 6.45) is 1.31. The number of nitrogens with zero attached hydrogens (tertiary/aromatic N) is 1. The highest BCUT2D eigenvalue weighted by Crippen LogP contribution is 2.20. The molecule has 0 bridgehead atoms. The van der Waals surface area contributed by atoms with Gasteiger partial charge in [0, 0.05) is 17.8 Å². The lowest BCUT2D eigenvalue weighted by molar-refractivity contribution is -0.384. The second kappa shape index (κ2) is 9.41. The molecule has 7 nitrogen and oxygen atoms in total. The lowest BCUT2D eigenvalue weighted by Crippen LogP contribution is -2.30. The van der Waals surface area contributed by atoms with Crippen LogP contribution in [0.25, 0.3) is 0 Å². The number of hydrogen-bond donors (Lipinski definition) is 1. The topological polar surface area (TPSA) is 90.7 Å². The number of nitro groups is 1. The van der Waals surface area contributed by atoms with Gasteiger partial charge in [-0.15, -0.1) is 0 Å². The minimum Gasteiger partial charge on any atom is -0.494 e. The van der Waals surface area contributed by atoms with E-state index in [1.54, 1.807) is 31.2 Å². The van der Waals surface area contributed by atoms with E-state index >= 15 is 0 Å². The third-order valence-corrected chi connectivity index (χ3v) is 3.62. The molecule has 2 aromatic carbocycles. The molecule has 0 spiro atoms. The summed E-state index contributed by atoms with van der Waals surface area (Å²) >= 11 is 0. The van der Waals surface area contributed by atoms with E-state index in [-0.39, 0.29) is 11.6 Å². The Kier molecular flexibility index (Phi) is 6.96. The van der Waals surface area contributed by atoms with Crippen LogP contribution in [0.5, 0.6) is 11.5 Å². The van der Waals surface area contributed by atoms with Crippen molar-refractivity contribution in [3.05, 3.63) is 58.6 Å². The van der Waals surface area contributed by atoms with Gasteiger partial charge in [-0.1, -0.05) is 13.3 Å². The average molecular weight is 358 g/mol. The molecule has 1 N–H and O–H groups in total. The Morgan fingerprint density at radius 1 is 1.12 bits per heavy atom. The minimum absolute atomic E-state index is 0.0318. The molecule has 0 aromatic heterocycles. The highest BCUT2D eigenvalue weighted by atomic mass is 16.6. The zero-order valence-electron chi connectivity index (χ0n) is 14.8. The van der Waals surface area contributed by atoms with Gasteiger partial charge in [0.2, 0.25) is 0 Å². The third-order valence-electron chi connectivity index (χ3n) is 3.62. The number of benzene rings is 2. The van der Waals surface area contributed by atoms with Crippen molar-refractivity contribution in [1.29, 1.82) is 0 Å². The summed E-state index contributed by atoms with van der Waals surface area (Å²) in [5, 5.41) is 13.4. The number of rotatable bonds is 9. The molecular weight excluding hydrogens is 336 g/mol. The summed E-state index contributed by atoms with van der Waals surface area (Å²) < 4.78 is 11.1. The summed E-state index contributed by atoms with van der Waals surface area (Å²) in [6.45, 7) is 4.38. The normalized spacial score (nSPS) is 11.5. The van der Waals surface area contributed by atoms with Gasteiger partial charge in [-0.05, 0) is 49.7 Å². The van der Waals surface area contributed by atoms with Crippen LogP contribution in [0.2, 0.25) is 0 Å². The number of hydrogen-bond acceptors (Lipinski definition) is 5. The SMILES string of the molecule is CCCCOc1ccc(NC(=O)C(C)Oc2ccc([N+](=O)[O-])cc2)cc1. The number of ether oxygens (including phenoxy) is 2. The first-order chi connectivity index (χ1) is 12.5. The third kappa shape index (κ3) is 5.77. The van der Waals surface area contributed by atoms with E-state index in [2.05, 4.69) is 12.2 Å². The van der Waals surface area contributed by atoms with Crippen LogP contribution in [-0.2, 0) is 4.79 Å². The van der Waals surface area contributed by atoms with Gasteiger partial charge in [0.15, 0.2) is 6.10 Å². The van der Waals surface area contributed by atoms with Gasteiger partial charge < -0.3 is 14.8 Å². The first-order valence-electron chi connectivity index (χ1n) is 8.44. The fraction of sp³-hybridized carbons (Fsp3) is 0.316. The molecule has 0 fully saturated rings. The molecule has 2 rings (SSSR count). The zero-order valence-corrected chi connectivity index (χ0v) is 14.8. The predicted octanol–water partition coefficient (Wildman–Crippen LogP) is 4.18. The van der Waals surface area contributed by atoms with Crippen molar-refractivity contribution in [2.24, 2.45) is 0 Å². The maximum atomic E-state index is 12.2. The fourth-order valence-electron chi connectivity index (χ4n) is 2.12. The van der Waals surface area contributed by atoms with E-state index in [0.717, 1.165) is 18.6 Å². The Hall–Kier alpha value is -3.09. The van der Waals surface area contributed by atoms with E-state index in [1.807, 2.05) is 0 Å². The molecule has 0 radical (unpaired) electrons. The van der Waals surface area contributed by atoms with Crippen molar-refractivity contribution in [2.45, 2.75) is 32.8 Å². The number of nitro benzene ring substituents is 1. The molecule has 1 amide bonds. The summed E-state index contributed by atoms with van der Waals surface area (Å²) in [6, 6.07) is 12.7. The summed E-state index contributed by atoms with van der Waals surface area (Å²) in [5.74, 6) is 0.826. The molecular formula is C19H22N2O5. The molecule has 138 valence electrons. The maximum absolute atomic E-state index is 12.2. The molecule has 1 unspecified atom stereocenters. The first kappa shape index (κ1) is 19.2. The van der Waals surface area contributed by atoms with Crippen molar-refractivity contribution in [1.82, 2.24) is 0 Å². The predicted molar refractivity (Wildman–Crippen MR) is 98.7 cm³/mol. The first-order valence-corrected chi connectivity index (χ1v) is 8.44. The minimum atomic E-state index is -0.753. The van der Waals surface area contributed by atoms with Gasteiger partial charge in [0.1, 0.15) is 11.5 Å². The van der Waals surface area contributed by atoms with Gasteiger partial charge in [0.25, 0.3) is 11.6 Å². The van der Waals surface area contributed by atoms with Crippen molar-refractivity contribution in [2.75, 3.05) is 11.9 Å². The van der Waals surface area contributed by atoms with E-state index < -0.39 is 11.0 Å². The molecule has 26 heavy (non-hydrogen) atoms. The van der Waals surface area contributed by atoms with E-state index in [0.29, 0.717) is 18.0 Å². The standard InChI is InChI=1S/C19H22N2O5/c1-3-4-13-25-17-9-5-15(6-10-17)20-19(22)14(2)26-18-11-7-16(8-12-18)21(23)24/h5-12,14H,3-4,13H2,1-2H3,(H,20,22). The molecule has 0 heterocycles. The number of unbranched alkanes of at least 4 members (excludes halogenated alkanes) is 1. The highest BCUT2D eigenvalue weighted by molar-refractivity contribution is 5.94. The fourth-order valence-corrected chi connectivity index (χ4v) is 2.12. The average Bonchev–Trinajstić information content (AvgIpc) is 2.63. The van der Waals surface area contributed by atoms with Gasteiger partial charge in [-0.3, -0.25) is 14.9 Å². The number of carbonyl (C=O) groups excluding carboxylic acids is 1. The molecule has 1 atom stereocenters. The Bertz CT molecular complexity index is 729. The van der Waals surface area contributed by atoms with Gasteiger partial charge in [0.05, 0.1) is 11.5 Å².